The van der Waals surface area contributed by atoms with E-state index in [9.17, 15) is 9.90 Å². The third kappa shape index (κ3) is 2.21. The summed E-state index contributed by atoms with van der Waals surface area (Å²) in [6, 6.07) is 1.84. The van der Waals surface area contributed by atoms with Crippen molar-refractivity contribution in [2.75, 3.05) is 0 Å². The summed E-state index contributed by atoms with van der Waals surface area (Å²) in [5, 5.41) is 22.5. The van der Waals surface area contributed by atoms with Crippen LogP contribution in [0.4, 0.5) is 4.79 Å². The second kappa shape index (κ2) is 3.69. The summed E-state index contributed by atoms with van der Waals surface area (Å²) in [4.78, 5) is 13.7. The lowest BCUT2D eigenvalue weighted by Gasteiger charge is -2.01. The highest BCUT2D eigenvalue weighted by molar-refractivity contribution is 7.09. The van der Waals surface area contributed by atoms with Gasteiger partial charge in [-0.15, -0.1) is 11.3 Å². The molecule has 0 saturated heterocycles. The third-order valence-corrected chi connectivity index (χ3v) is 1.90. The fourth-order valence-electron chi connectivity index (χ4n) is 0.591. The van der Waals surface area contributed by atoms with Gasteiger partial charge in [0.15, 0.2) is 5.69 Å². The van der Waals surface area contributed by atoms with E-state index in [1.807, 2.05) is 11.4 Å². The minimum Gasteiger partial charge on any atom is -0.530 e. The number of aromatic nitrogens is 1. The number of amides is 1. The van der Waals surface area contributed by atoms with Crippen molar-refractivity contribution in [3.63, 3.8) is 0 Å². The van der Waals surface area contributed by atoms with Crippen molar-refractivity contribution in [1.82, 2.24) is 10.3 Å². The minimum atomic E-state index is -1.34. The number of carbonyl (C=O) groups is 1. The first-order chi connectivity index (χ1) is 5.72. The van der Waals surface area contributed by atoms with Gasteiger partial charge in [0, 0.05) is 5.38 Å². The predicted octanol–water partition coefficient (Wildman–Crippen LogP) is -0.552. The topological polar surface area (TPSA) is 88.8 Å². The molecule has 62 valence electrons. The zero-order valence-electron chi connectivity index (χ0n) is 5.90. The summed E-state index contributed by atoms with van der Waals surface area (Å²) < 4.78 is 0. The Balaban J connectivity index is 2.54. The van der Waals surface area contributed by atoms with Crippen LogP contribution >= 0.6 is 11.3 Å². The number of rotatable bonds is 2. The summed E-state index contributed by atoms with van der Waals surface area (Å²) in [5.74, 6) is 0. The second-order valence-electron chi connectivity index (χ2n) is 1.88. The van der Waals surface area contributed by atoms with Crippen molar-refractivity contribution in [3.8, 4) is 6.07 Å². The van der Waals surface area contributed by atoms with Crippen LogP contribution in [-0.2, 0) is 6.54 Å². The Kier molecular flexibility index (Phi) is 2.61. The monoisotopic (exact) mass is 182 g/mol. The SMILES string of the molecule is N#Cc1csc(CNC(=O)[O-])n1. The van der Waals surface area contributed by atoms with E-state index in [2.05, 4.69) is 4.98 Å². The molecule has 0 saturated carbocycles. The predicted molar refractivity (Wildman–Crippen MR) is 39.1 cm³/mol. The number of thiazole rings is 1. The van der Waals surface area contributed by atoms with E-state index in [-0.39, 0.29) is 6.54 Å². The lowest BCUT2D eigenvalue weighted by Crippen LogP contribution is -2.35. The number of hydrogen-bond acceptors (Lipinski definition) is 5. The summed E-state index contributed by atoms with van der Waals surface area (Å²) in [7, 11) is 0. The van der Waals surface area contributed by atoms with Gasteiger partial charge in [-0.1, -0.05) is 0 Å². The van der Waals surface area contributed by atoms with E-state index in [1.54, 1.807) is 5.38 Å². The lowest BCUT2D eigenvalue weighted by molar-refractivity contribution is -0.251. The molecule has 0 fully saturated rings. The Morgan fingerprint density at radius 2 is 2.67 bits per heavy atom. The Morgan fingerprint density at radius 1 is 1.92 bits per heavy atom. The Morgan fingerprint density at radius 3 is 3.17 bits per heavy atom. The van der Waals surface area contributed by atoms with Gasteiger partial charge in [-0.05, 0) is 0 Å². The van der Waals surface area contributed by atoms with Crippen LogP contribution in [0.15, 0.2) is 5.38 Å². The zero-order chi connectivity index (χ0) is 8.97. The van der Waals surface area contributed by atoms with E-state index in [0.29, 0.717) is 10.7 Å². The van der Waals surface area contributed by atoms with Crippen molar-refractivity contribution < 1.29 is 9.90 Å². The van der Waals surface area contributed by atoms with E-state index < -0.39 is 6.09 Å². The molecule has 1 aromatic heterocycles. The highest BCUT2D eigenvalue weighted by atomic mass is 32.1. The van der Waals surface area contributed by atoms with Gasteiger partial charge in [0.1, 0.15) is 17.2 Å². The van der Waals surface area contributed by atoms with Crippen LogP contribution in [0.25, 0.3) is 0 Å². The van der Waals surface area contributed by atoms with Crippen molar-refractivity contribution in [2.24, 2.45) is 0 Å². The smallest absolute Gasteiger partial charge is 0.151 e. The van der Waals surface area contributed by atoms with Crippen LogP contribution in [0.3, 0.4) is 0 Å². The van der Waals surface area contributed by atoms with Crippen molar-refractivity contribution in [2.45, 2.75) is 6.54 Å². The molecule has 1 N–H and O–H groups in total. The number of nitriles is 1. The van der Waals surface area contributed by atoms with E-state index >= 15 is 0 Å². The van der Waals surface area contributed by atoms with Gasteiger partial charge in [0.25, 0.3) is 0 Å². The van der Waals surface area contributed by atoms with E-state index in [0.717, 1.165) is 0 Å². The molecule has 5 nitrogen and oxygen atoms in total. The molecule has 0 atom stereocenters. The molecule has 0 radical (unpaired) electrons. The van der Waals surface area contributed by atoms with Crippen LogP contribution in [-0.4, -0.2) is 11.1 Å². The maximum Gasteiger partial charge on any atom is 0.151 e. The van der Waals surface area contributed by atoms with Crippen LogP contribution in [0, 0.1) is 11.3 Å². The number of nitrogens with one attached hydrogen (secondary N) is 1. The quantitative estimate of drug-likeness (QED) is 0.664. The highest BCUT2D eigenvalue weighted by Gasteiger charge is 1.99. The molecule has 1 aromatic rings. The van der Waals surface area contributed by atoms with Crippen LogP contribution < -0.4 is 10.4 Å². The number of carboxylic acid groups (broad SMARTS) is 1. The van der Waals surface area contributed by atoms with Gasteiger partial charge in [0.2, 0.25) is 0 Å². The van der Waals surface area contributed by atoms with Crippen LogP contribution in [0.5, 0.6) is 0 Å². The molecule has 1 rings (SSSR count). The molecule has 0 aromatic carbocycles. The number of nitrogens with zero attached hydrogens (tertiary/aromatic N) is 2. The van der Waals surface area contributed by atoms with Crippen molar-refractivity contribution in [1.29, 1.82) is 5.26 Å². The first kappa shape index (κ1) is 8.49. The fraction of sp³-hybridized carbons (Fsp3) is 0.167. The van der Waals surface area contributed by atoms with Gasteiger partial charge in [-0.25, -0.2) is 4.98 Å². The first-order valence-electron chi connectivity index (χ1n) is 3.01. The Labute approximate surface area is 72.3 Å². The first-order valence-corrected chi connectivity index (χ1v) is 3.89. The molecule has 0 bridgehead atoms. The lowest BCUT2D eigenvalue weighted by atomic mass is 10.5. The van der Waals surface area contributed by atoms with Gasteiger partial charge < -0.3 is 15.2 Å². The molecule has 0 unspecified atom stereocenters. The zero-order valence-corrected chi connectivity index (χ0v) is 6.72. The normalized spacial score (nSPS) is 8.92. The van der Waals surface area contributed by atoms with Crippen LogP contribution in [0.2, 0.25) is 0 Å². The van der Waals surface area contributed by atoms with Crippen LogP contribution in [0.1, 0.15) is 10.7 Å². The van der Waals surface area contributed by atoms with Gasteiger partial charge in [-0.3, -0.25) is 0 Å². The molecular weight excluding hydrogens is 178 g/mol. The summed E-state index contributed by atoms with van der Waals surface area (Å²) in [5.41, 5.74) is 0.301. The van der Waals surface area contributed by atoms with Crippen molar-refractivity contribution in [3.05, 3.63) is 16.1 Å². The molecule has 6 heteroatoms. The minimum absolute atomic E-state index is 0.0919. The average Bonchev–Trinajstić information content (AvgIpc) is 2.48. The summed E-state index contributed by atoms with van der Waals surface area (Å²) in [6.07, 6.45) is -1.34. The second-order valence-corrected chi connectivity index (χ2v) is 2.82. The van der Waals surface area contributed by atoms with Gasteiger partial charge in [-0.2, -0.15) is 5.26 Å². The van der Waals surface area contributed by atoms with E-state index in [1.165, 1.54) is 11.3 Å². The molecule has 1 amide bonds. The summed E-state index contributed by atoms with van der Waals surface area (Å²) in [6.45, 7) is 0.0919. The highest BCUT2D eigenvalue weighted by Crippen LogP contribution is 2.07. The fourth-order valence-corrected chi connectivity index (χ4v) is 1.25. The Hall–Kier alpha value is -1.61. The van der Waals surface area contributed by atoms with E-state index in [4.69, 9.17) is 5.26 Å². The molecule has 0 aliphatic carbocycles. The summed E-state index contributed by atoms with van der Waals surface area (Å²) >= 11 is 1.23. The van der Waals surface area contributed by atoms with Gasteiger partial charge in [0.05, 0.1) is 6.54 Å². The Bertz CT molecular complexity index is 328. The average molecular weight is 182 g/mol. The third-order valence-electron chi connectivity index (χ3n) is 1.05. The molecule has 0 aliphatic heterocycles. The molecule has 0 aliphatic rings. The molecule has 1 heterocycles. The molecular formula is C6H4N3O2S-. The largest absolute Gasteiger partial charge is 0.530 e. The number of carbonyl (C=O) groups excluding carboxylic acids is 1. The maximum atomic E-state index is 9.94. The molecule has 0 spiro atoms. The van der Waals surface area contributed by atoms with Gasteiger partial charge >= 0.3 is 0 Å². The van der Waals surface area contributed by atoms with Crippen molar-refractivity contribution >= 4 is 17.4 Å². The molecule has 12 heavy (non-hydrogen) atoms. The standard InChI is InChI=1S/C6H5N3O2S/c7-1-4-3-12-5(9-4)2-8-6(10)11/h3,8H,2H2,(H,10,11)/p-1. The number of hydrogen-bond donors (Lipinski definition) is 1. The maximum absolute atomic E-state index is 9.94.